The number of rotatable bonds is 9. The Morgan fingerprint density at radius 3 is 2.52 bits per heavy atom. The molecule has 7 heteroatoms. The maximum absolute atomic E-state index is 13.0. The molecule has 1 aromatic carbocycles. The molecule has 0 spiro atoms. The Morgan fingerprint density at radius 1 is 1.16 bits per heavy atom. The van der Waals surface area contributed by atoms with Crippen LogP contribution in [-0.4, -0.2) is 46.9 Å². The minimum absolute atomic E-state index is 0.121. The molecule has 0 aliphatic heterocycles. The fourth-order valence-electron chi connectivity index (χ4n) is 4.26. The Hall–Kier alpha value is -2.15. The highest BCUT2D eigenvalue weighted by Crippen LogP contribution is 2.34. The first-order valence-corrected chi connectivity index (χ1v) is 12.1. The number of aromatic nitrogens is 2. The van der Waals surface area contributed by atoms with Crippen LogP contribution in [0.1, 0.15) is 62.0 Å². The first kappa shape index (κ1) is 23.5. The number of imidazole rings is 1. The molecule has 0 N–H and O–H groups in total. The maximum atomic E-state index is 13.0. The molecule has 1 saturated carbocycles. The highest BCUT2D eigenvalue weighted by atomic mass is 32.2. The Balaban J connectivity index is 1.67. The summed E-state index contributed by atoms with van der Waals surface area (Å²) in [5, 5.41) is 0.984. The molecule has 1 aliphatic rings. The van der Waals surface area contributed by atoms with Gasteiger partial charge in [-0.15, -0.1) is 0 Å². The topological polar surface area (TPSA) is 56.6 Å². The van der Waals surface area contributed by atoms with E-state index in [1.54, 1.807) is 26.0 Å². The number of hydrogen-bond acceptors (Lipinski definition) is 5. The molecule has 0 saturated heterocycles. The molecule has 2 aromatic rings. The van der Waals surface area contributed by atoms with E-state index >= 15 is 0 Å². The normalized spacial score (nSPS) is 14.5. The molecule has 0 unspecified atom stereocenters. The van der Waals surface area contributed by atoms with Gasteiger partial charge in [0.15, 0.2) is 16.7 Å². The van der Waals surface area contributed by atoms with Gasteiger partial charge in [-0.2, -0.15) is 0 Å². The lowest BCUT2D eigenvalue weighted by atomic mass is 9.95. The second-order valence-electron chi connectivity index (χ2n) is 8.11. The van der Waals surface area contributed by atoms with E-state index in [1.807, 2.05) is 30.0 Å². The summed E-state index contributed by atoms with van der Waals surface area (Å²) in [7, 11) is 3.25. The Morgan fingerprint density at radius 2 is 1.87 bits per heavy atom. The quantitative estimate of drug-likeness (QED) is 0.499. The van der Waals surface area contributed by atoms with Crippen molar-refractivity contribution in [3.8, 4) is 11.5 Å². The van der Waals surface area contributed by atoms with Crippen molar-refractivity contribution >= 4 is 17.7 Å². The fourth-order valence-corrected chi connectivity index (χ4v) is 5.32. The third-order valence-electron chi connectivity index (χ3n) is 6.17. The smallest absolute Gasteiger partial charge is 0.233 e. The van der Waals surface area contributed by atoms with Crippen LogP contribution in [0.4, 0.5) is 0 Å². The highest BCUT2D eigenvalue weighted by Gasteiger charge is 2.23. The van der Waals surface area contributed by atoms with Gasteiger partial charge in [0.1, 0.15) is 0 Å². The number of carbonyl (C=O) groups excluding carboxylic acids is 1. The lowest BCUT2D eigenvalue weighted by Gasteiger charge is -2.26. The van der Waals surface area contributed by atoms with E-state index in [-0.39, 0.29) is 5.91 Å². The van der Waals surface area contributed by atoms with Crippen LogP contribution in [0, 0.1) is 13.8 Å². The van der Waals surface area contributed by atoms with Crippen molar-refractivity contribution in [3.63, 3.8) is 0 Å². The second-order valence-corrected chi connectivity index (χ2v) is 9.06. The molecule has 3 rings (SSSR count). The van der Waals surface area contributed by atoms with Gasteiger partial charge >= 0.3 is 0 Å². The van der Waals surface area contributed by atoms with Gasteiger partial charge < -0.3 is 18.9 Å². The van der Waals surface area contributed by atoms with Crippen molar-refractivity contribution in [1.82, 2.24) is 14.5 Å². The van der Waals surface area contributed by atoms with E-state index in [2.05, 4.69) is 18.4 Å². The van der Waals surface area contributed by atoms with Crippen LogP contribution in [0.3, 0.4) is 0 Å². The van der Waals surface area contributed by atoms with E-state index in [4.69, 9.17) is 14.5 Å². The van der Waals surface area contributed by atoms with E-state index in [0.29, 0.717) is 36.4 Å². The molecule has 1 aromatic heterocycles. The van der Waals surface area contributed by atoms with E-state index in [0.717, 1.165) is 16.4 Å². The summed E-state index contributed by atoms with van der Waals surface area (Å²) in [6, 6.07) is 6.31. The monoisotopic (exact) mass is 445 g/mol. The first-order valence-electron chi connectivity index (χ1n) is 11.1. The Labute approximate surface area is 190 Å². The van der Waals surface area contributed by atoms with Crippen LogP contribution >= 0.6 is 11.8 Å². The molecule has 1 amide bonds. The lowest BCUT2D eigenvalue weighted by Crippen LogP contribution is -2.31. The molecule has 1 heterocycles. The van der Waals surface area contributed by atoms with Crippen LogP contribution in [0.25, 0.3) is 0 Å². The molecular formula is C24H35N3O3S. The third-order valence-corrected chi connectivity index (χ3v) is 7.11. The summed E-state index contributed by atoms with van der Waals surface area (Å²) in [6.07, 6.45) is 6.29. The van der Waals surface area contributed by atoms with Crippen LogP contribution in [-0.2, 0) is 11.3 Å². The second kappa shape index (κ2) is 10.9. The Bertz CT molecular complexity index is 890. The van der Waals surface area contributed by atoms with Crippen molar-refractivity contribution in [3.05, 3.63) is 35.2 Å². The number of hydrogen-bond donors (Lipinski definition) is 0. The van der Waals surface area contributed by atoms with Gasteiger partial charge in [0.25, 0.3) is 0 Å². The number of benzene rings is 1. The molecule has 6 nitrogen and oxygen atoms in total. The van der Waals surface area contributed by atoms with Gasteiger partial charge in [-0.3, -0.25) is 4.79 Å². The number of amides is 1. The summed E-state index contributed by atoms with van der Waals surface area (Å²) >= 11 is 1.57. The fraction of sp³-hybridized carbons (Fsp3) is 0.583. The lowest BCUT2D eigenvalue weighted by molar-refractivity contribution is -0.128. The summed E-state index contributed by atoms with van der Waals surface area (Å²) in [5.41, 5.74) is 3.32. The zero-order chi connectivity index (χ0) is 22.4. The number of carbonyl (C=O) groups is 1. The van der Waals surface area contributed by atoms with Crippen LogP contribution in [0.5, 0.6) is 11.5 Å². The summed E-state index contributed by atoms with van der Waals surface area (Å²) < 4.78 is 13.1. The van der Waals surface area contributed by atoms with E-state index in [9.17, 15) is 4.79 Å². The number of methoxy groups -OCH3 is 2. The summed E-state index contributed by atoms with van der Waals surface area (Å²) in [5.74, 6) is 1.88. The third kappa shape index (κ3) is 5.56. The predicted octanol–water partition coefficient (Wildman–Crippen LogP) is 5.16. The standard InChI is InChI=1S/C24H35N3O3S/c1-6-26(15-19-12-13-21(29-4)22(14-19)30-5)23(28)16-31-24-25-17(2)18(3)27(24)20-10-8-7-9-11-20/h12-14,20H,6-11,15-16H2,1-5H3. The zero-order valence-electron chi connectivity index (χ0n) is 19.4. The SMILES string of the molecule is CCN(Cc1ccc(OC)c(OC)c1)C(=O)CSc1nc(C)c(C)n1C1CCCCC1. The predicted molar refractivity (Wildman–Crippen MR) is 125 cm³/mol. The Kier molecular flexibility index (Phi) is 8.29. The van der Waals surface area contributed by atoms with Gasteiger partial charge in [0.05, 0.1) is 25.7 Å². The number of nitrogens with zero attached hydrogens (tertiary/aromatic N) is 3. The maximum Gasteiger partial charge on any atom is 0.233 e. The molecule has 1 aliphatic carbocycles. The van der Waals surface area contributed by atoms with E-state index in [1.165, 1.54) is 37.8 Å². The van der Waals surface area contributed by atoms with Crippen LogP contribution in [0.15, 0.2) is 23.4 Å². The highest BCUT2D eigenvalue weighted by molar-refractivity contribution is 7.99. The van der Waals surface area contributed by atoms with Crippen molar-refractivity contribution < 1.29 is 14.3 Å². The molecule has 0 atom stereocenters. The minimum Gasteiger partial charge on any atom is -0.493 e. The average molecular weight is 446 g/mol. The van der Waals surface area contributed by atoms with Crippen molar-refractivity contribution in [2.45, 2.75) is 70.6 Å². The summed E-state index contributed by atoms with van der Waals surface area (Å²) in [4.78, 5) is 19.7. The molecule has 31 heavy (non-hydrogen) atoms. The van der Waals surface area contributed by atoms with E-state index < -0.39 is 0 Å². The van der Waals surface area contributed by atoms with Gasteiger partial charge in [-0.25, -0.2) is 4.98 Å². The minimum atomic E-state index is 0.121. The van der Waals surface area contributed by atoms with Gasteiger partial charge in [0.2, 0.25) is 5.91 Å². The first-order chi connectivity index (χ1) is 15.0. The van der Waals surface area contributed by atoms with Crippen molar-refractivity contribution in [2.24, 2.45) is 0 Å². The molecule has 0 radical (unpaired) electrons. The van der Waals surface area contributed by atoms with Gasteiger partial charge in [-0.1, -0.05) is 37.1 Å². The number of ether oxygens (including phenoxy) is 2. The molecular weight excluding hydrogens is 410 g/mol. The summed E-state index contributed by atoms with van der Waals surface area (Å²) in [6.45, 7) is 7.43. The van der Waals surface area contributed by atoms with Gasteiger partial charge in [-0.05, 0) is 51.3 Å². The molecule has 1 fully saturated rings. The van der Waals surface area contributed by atoms with Crippen molar-refractivity contribution in [1.29, 1.82) is 0 Å². The molecule has 0 bridgehead atoms. The average Bonchev–Trinajstić information content (AvgIpc) is 3.09. The number of thioether (sulfide) groups is 1. The largest absolute Gasteiger partial charge is 0.493 e. The van der Waals surface area contributed by atoms with Gasteiger partial charge in [0, 0.05) is 24.8 Å². The van der Waals surface area contributed by atoms with Crippen LogP contribution < -0.4 is 9.47 Å². The zero-order valence-corrected chi connectivity index (χ0v) is 20.3. The van der Waals surface area contributed by atoms with Crippen LogP contribution in [0.2, 0.25) is 0 Å². The number of aryl methyl sites for hydroxylation is 1. The molecule has 170 valence electrons. The van der Waals surface area contributed by atoms with Crippen molar-refractivity contribution in [2.75, 3.05) is 26.5 Å².